The van der Waals surface area contributed by atoms with Crippen LogP contribution in [-0.4, -0.2) is 6.10 Å². The van der Waals surface area contributed by atoms with Gasteiger partial charge in [-0.15, -0.1) is 0 Å². The molecule has 0 spiro atoms. The van der Waals surface area contributed by atoms with Crippen LogP contribution in [0.3, 0.4) is 0 Å². The van der Waals surface area contributed by atoms with E-state index in [0.29, 0.717) is 6.54 Å². The average Bonchev–Trinajstić information content (AvgIpc) is 2.87. The van der Waals surface area contributed by atoms with Gasteiger partial charge in [-0.05, 0) is 75.5 Å². The van der Waals surface area contributed by atoms with E-state index >= 15 is 0 Å². The minimum absolute atomic E-state index is 0.144. The Morgan fingerprint density at radius 3 is 2.45 bits per heavy atom. The highest BCUT2D eigenvalue weighted by Crippen LogP contribution is 2.35. The smallest absolute Gasteiger partial charge is 0.148 e. The van der Waals surface area contributed by atoms with Crippen molar-refractivity contribution >= 4 is 31.9 Å². The molecule has 0 radical (unpaired) electrons. The molecule has 2 rings (SSSR count). The number of hydrogen-bond acceptors (Lipinski definition) is 3. The first-order valence-corrected chi connectivity index (χ1v) is 8.02. The van der Waals surface area contributed by atoms with E-state index in [-0.39, 0.29) is 6.10 Å². The molecule has 20 heavy (non-hydrogen) atoms. The molecular weight excluding hydrogens is 386 g/mol. The number of halogens is 2. The molecule has 0 saturated heterocycles. The number of nitrogens with one attached hydrogen (secondary N) is 1. The molecule has 0 bridgehead atoms. The molecule has 1 aromatic carbocycles. The predicted octanol–water partition coefficient (Wildman–Crippen LogP) is 4.88. The number of furan rings is 1. The Morgan fingerprint density at radius 2 is 1.90 bits per heavy atom. The standard InChI is InChI=1S/C15H17Br2NO2/c1-10(2)20-15-13(16)6-11(7-14(15)17)8-18-9-12-4-3-5-19-12/h3-7,10,18H,8-9H2,1-2H3. The van der Waals surface area contributed by atoms with Crippen molar-refractivity contribution < 1.29 is 9.15 Å². The van der Waals surface area contributed by atoms with Crippen molar-refractivity contribution in [2.24, 2.45) is 0 Å². The second-order valence-electron chi connectivity index (χ2n) is 4.74. The summed E-state index contributed by atoms with van der Waals surface area (Å²) in [4.78, 5) is 0. The van der Waals surface area contributed by atoms with Gasteiger partial charge in [-0.25, -0.2) is 0 Å². The van der Waals surface area contributed by atoms with Gasteiger partial charge in [0.05, 0.1) is 27.9 Å². The molecule has 3 nitrogen and oxygen atoms in total. The molecule has 0 aliphatic heterocycles. The van der Waals surface area contributed by atoms with Crippen LogP contribution in [0.25, 0.3) is 0 Å². The quantitative estimate of drug-likeness (QED) is 0.747. The Hall–Kier alpha value is -0.780. The summed E-state index contributed by atoms with van der Waals surface area (Å²) in [5.74, 6) is 1.78. The number of ether oxygens (including phenoxy) is 1. The summed E-state index contributed by atoms with van der Waals surface area (Å²) in [5, 5.41) is 3.34. The first kappa shape index (κ1) is 15.6. The fourth-order valence-electron chi connectivity index (χ4n) is 1.81. The predicted molar refractivity (Wildman–Crippen MR) is 86.9 cm³/mol. The third kappa shape index (κ3) is 4.36. The first-order chi connectivity index (χ1) is 9.56. The Kier molecular flexibility index (Phi) is 5.69. The fraction of sp³-hybridized carbons (Fsp3) is 0.333. The maximum Gasteiger partial charge on any atom is 0.148 e. The topological polar surface area (TPSA) is 34.4 Å². The lowest BCUT2D eigenvalue weighted by Gasteiger charge is -2.15. The van der Waals surface area contributed by atoms with Crippen LogP contribution in [0.2, 0.25) is 0 Å². The van der Waals surface area contributed by atoms with E-state index in [1.165, 1.54) is 5.56 Å². The van der Waals surface area contributed by atoms with Crippen LogP contribution in [0.1, 0.15) is 25.2 Å². The van der Waals surface area contributed by atoms with E-state index in [0.717, 1.165) is 27.0 Å². The molecule has 5 heteroatoms. The average molecular weight is 403 g/mol. The molecule has 0 saturated carbocycles. The van der Waals surface area contributed by atoms with Crippen molar-refractivity contribution in [2.75, 3.05) is 0 Å². The van der Waals surface area contributed by atoms with Crippen molar-refractivity contribution in [3.05, 3.63) is 50.8 Å². The third-order valence-corrected chi connectivity index (χ3v) is 3.80. The Bertz CT molecular complexity index is 530. The lowest BCUT2D eigenvalue weighted by Crippen LogP contribution is -2.12. The maximum atomic E-state index is 5.76. The van der Waals surface area contributed by atoms with Crippen LogP contribution in [0, 0.1) is 0 Å². The summed E-state index contributed by atoms with van der Waals surface area (Å²) >= 11 is 7.11. The normalized spacial score (nSPS) is 11.1. The van der Waals surface area contributed by atoms with E-state index in [4.69, 9.17) is 9.15 Å². The van der Waals surface area contributed by atoms with Crippen molar-refractivity contribution in [1.29, 1.82) is 0 Å². The number of rotatable bonds is 6. The van der Waals surface area contributed by atoms with Gasteiger partial charge in [-0.1, -0.05) is 0 Å². The second kappa shape index (κ2) is 7.29. The highest BCUT2D eigenvalue weighted by Gasteiger charge is 2.10. The largest absolute Gasteiger partial charge is 0.489 e. The minimum Gasteiger partial charge on any atom is -0.489 e. The monoisotopic (exact) mass is 401 g/mol. The zero-order chi connectivity index (χ0) is 14.5. The summed E-state index contributed by atoms with van der Waals surface area (Å²) in [6.45, 7) is 5.50. The maximum absolute atomic E-state index is 5.76. The summed E-state index contributed by atoms with van der Waals surface area (Å²) in [6.07, 6.45) is 1.83. The Labute approximate surface area is 136 Å². The zero-order valence-electron chi connectivity index (χ0n) is 11.5. The molecule has 2 aromatic rings. The molecule has 1 aromatic heterocycles. The highest BCUT2D eigenvalue weighted by molar-refractivity contribution is 9.11. The van der Waals surface area contributed by atoms with Crippen molar-refractivity contribution in [3.8, 4) is 5.75 Å². The van der Waals surface area contributed by atoms with Crippen LogP contribution in [0.5, 0.6) is 5.75 Å². The molecule has 108 valence electrons. The Morgan fingerprint density at radius 1 is 1.20 bits per heavy atom. The zero-order valence-corrected chi connectivity index (χ0v) is 14.6. The van der Waals surface area contributed by atoms with Crippen LogP contribution in [0.4, 0.5) is 0 Å². The summed E-state index contributed by atoms with van der Waals surface area (Å²) in [7, 11) is 0. The van der Waals surface area contributed by atoms with Gasteiger partial charge in [-0.3, -0.25) is 0 Å². The van der Waals surface area contributed by atoms with Gasteiger partial charge < -0.3 is 14.5 Å². The van der Waals surface area contributed by atoms with Crippen LogP contribution < -0.4 is 10.1 Å². The fourth-order valence-corrected chi connectivity index (χ4v) is 3.27. The van der Waals surface area contributed by atoms with E-state index < -0.39 is 0 Å². The van der Waals surface area contributed by atoms with Gasteiger partial charge in [0.25, 0.3) is 0 Å². The van der Waals surface area contributed by atoms with Crippen molar-refractivity contribution in [1.82, 2.24) is 5.32 Å². The van der Waals surface area contributed by atoms with Gasteiger partial charge in [0.15, 0.2) is 0 Å². The van der Waals surface area contributed by atoms with E-state index in [2.05, 4.69) is 49.3 Å². The molecule has 1 heterocycles. The van der Waals surface area contributed by atoms with Crippen molar-refractivity contribution in [2.45, 2.75) is 33.0 Å². The summed E-state index contributed by atoms with van der Waals surface area (Å²) in [6, 6.07) is 7.98. The highest BCUT2D eigenvalue weighted by atomic mass is 79.9. The summed E-state index contributed by atoms with van der Waals surface area (Å²) in [5.41, 5.74) is 1.17. The molecule has 0 atom stereocenters. The molecule has 0 aliphatic carbocycles. The van der Waals surface area contributed by atoms with E-state index in [1.807, 2.05) is 26.0 Å². The third-order valence-electron chi connectivity index (χ3n) is 2.62. The SMILES string of the molecule is CC(C)Oc1c(Br)cc(CNCc2ccco2)cc1Br. The van der Waals surface area contributed by atoms with Gasteiger partial charge in [0.1, 0.15) is 11.5 Å². The summed E-state index contributed by atoms with van der Waals surface area (Å²) < 4.78 is 13.0. The lowest BCUT2D eigenvalue weighted by atomic mass is 10.2. The second-order valence-corrected chi connectivity index (χ2v) is 6.45. The van der Waals surface area contributed by atoms with Crippen LogP contribution in [0.15, 0.2) is 43.9 Å². The van der Waals surface area contributed by atoms with Crippen LogP contribution >= 0.6 is 31.9 Å². The molecule has 0 aliphatic rings. The van der Waals surface area contributed by atoms with Crippen molar-refractivity contribution in [3.63, 3.8) is 0 Å². The molecular formula is C15H17Br2NO2. The van der Waals surface area contributed by atoms with Gasteiger partial charge >= 0.3 is 0 Å². The van der Waals surface area contributed by atoms with Gasteiger partial charge in [0.2, 0.25) is 0 Å². The van der Waals surface area contributed by atoms with Gasteiger partial charge in [0, 0.05) is 6.54 Å². The Balaban J connectivity index is 1.99. The first-order valence-electron chi connectivity index (χ1n) is 6.44. The minimum atomic E-state index is 0.144. The lowest BCUT2D eigenvalue weighted by molar-refractivity contribution is 0.239. The van der Waals surface area contributed by atoms with Crippen LogP contribution in [-0.2, 0) is 13.1 Å². The van der Waals surface area contributed by atoms with E-state index in [1.54, 1.807) is 6.26 Å². The molecule has 0 unspecified atom stereocenters. The molecule has 0 fully saturated rings. The molecule has 0 amide bonds. The van der Waals surface area contributed by atoms with E-state index in [9.17, 15) is 0 Å². The number of benzene rings is 1. The number of hydrogen-bond donors (Lipinski definition) is 1. The van der Waals surface area contributed by atoms with Gasteiger partial charge in [-0.2, -0.15) is 0 Å². The molecule has 1 N–H and O–H groups in total.